The third kappa shape index (κ3) is 3.20. The van der Waals surface area contributed by atoms with Crippen LogP contribution in [0.4, 0.5) is 5.69 Å². The Morgan fingerprint density at radius 2 is 2.10 bits per heavy atom. The van der Waals surface area contributed by atoms with E-state index in [0.717, 1.165) is 4.47 Å². The number of esters is 1. The standard InChI is InChI=1S/C13H10BrClN2O3/c1-20-13(19)9-5-8(2-3-10(9)15)17-12(18)11-4-7(14)6-16-11/h2-6,16H,1H3,(H,17,18). The number of rotatable bonds is 3. The van der Waals surface area contributed by atoms with E-state index in [-0.39, 0.29) is 16.5 Å². The van der Waals surface area contributed by atoms with Crippen molar-refractivity contribution in [1.29, 1.82) is 0 Å². The number of benzene rings is 1. The lowest BCUT2D eigenvalue weighted by atomic mass is 10.2. The molecule has 1 aromatic heterocycles. The number of nitrogens with one attached hydrogen (secondary N) is 2. The van der Waals surface area contributed by atoms with Crippen molar-refractivity contribution in [2.75, 3.05) is 12.4 Å². The number of hydrogen-bond acceptors (Lipinski definition) is 3. The Morgan fingerprint density at radius 3 is 2.70 bits per heavy atom. The number of amides is 1. The van der Waals surface area contributed by atoms with Crippen LogP contribution in [0.15, 0.2) is 34.9 Å². The first-order valence-electron chi connectivity index (χ1n) is 5.54. The second-order valence-corrected chi connectivity index (χ2v) is 5.19. The molecule has 0 radical (unpaired) electrons. The zero-order chi connectivity index (χ0) is 14.7. The number of aromatic amines is 1. The minimum Gasteiger partial charge on any atom is -0.465 e. The highest BCUT2D eigenvalue weighted by molar-refractivity contribution is 9.10. The van der Waals surface area contributed by atoms with Gasteiger partial charge < -0.3 is 15.0 Å². The largest absolute Gasteiger partial charge is 0.465 e. The molecule has 0 saturated carbocycles. The maximum absolute atomic E-state index is 12.0. The molecule has 2 N–H and O–H groups in total. The number of anilines is 1. The highest BCUT2D eigenvalue weighted by Crippen LogP contribution is 2.22. The summed E-state index contributed by atoms with van der Waals surface area (Å²) in [5.41, 5.74) is 1.04. The van der Waals surface area contributed by atoms with E-state index in [0.29, 0.717) is 11.4 Å². The van der Waals surface area contributed by atoms with Gasteiger partial charge in [-0.05, 0) is 40.2 Å². The molecular weight excluding hydrogens is 348 g/mol. The number of halogens is 2. The van der Waals surface area contributed by atoms with E-state index in [1.54, 1.807) is 18.3 Å². The van der Waals surface area contributed by atoms with Crippen LogP contribution in [0.2, 0.25) is 5.02 Å². The summed E-state index contributed by atoms with van der Waals surface area (Å²) in [6, 6.07) is 6.23. The Hall–Kier alpha value is -1.79. The fourth-order valence-electron chi connectivity index (χ4n) is 1.57. The average Bonchev–Trinajstić information content (AvgIpc) is 2.87. The molecule has 0 atom stereocenters. The van der Waals surface area contributed by atoms with Crippen molar-refractivity contribution in [2.24, 2.45) is 0 Å². The summed E-state index contributed by atoms with van der Waals surface area (Å²) in [5, 5.41) is 2.92. The molecule has 7 heteroatoms. The second-order valence-electron chi connectivity index (χ2n) is 3.87. The molecule has 0 saturated heterocycles. The number of ether oxygens (including phenoxy) is 1. The Bertz CT molecular complexity index is 669. The summed E-state index contributed by atoms with van der Waals surface area (Å²) in [4.78, 5) is 26.3. The third-order valence-electron chi connectivity index (χ3n) is 2.52. The zero-order valence-electron chi connectivity index (χ0n) is 10.4. The summed E-state index contributed by atoms with van der Waals surface area (Å²) in [7, 11) is 1.26. The molecule has 0 aliphatic heterocycles. The van der Waals surface area contributed by atoms with E-state index in [1.165, 1.54) is 19.2 Å². The van der Waals surface area contributed by atoms with Crippen LogP contribution >= 0.6 is 27.5 Å². The van der Waals surface area contributed by atoms with E-state index >= 15 is 0 Å². The minimum absolute atomic E-state index is 0.194. The van der Waals surface area contributed by atoms with Crippen molar-refractivity contribution in [3.8, 4) is 0 Å². The first-order chi connectivity index (χ1) is 9.51. The molecule has 20 heavy (non-hydrogen) atoms. The number of hydrogen-bond donors (Lipinski definition) is 2. The lowest BCUT2D eigenvalue weighted by molar-refractivity contribution is 0.0600. The SMILES string of the molecule is COC(=O)c1cc(NC(=O)c2cc(Br)c[nH]2)ccc1Cl. The molecule has 1 amide bonds. The van der Waals surface area contributed by atoms with E-state index < -0.39 is 5.97 Å². The number of H-pyrrole nitrogens is 1. The highest BCUT2D eigenvalue weighted by atomic mass is 79.9. The molecule has 2 aromatic rings. The van der Waals surface area contributed by atoms with E-state index in [9.17, 15) is 9.59 Å². The molecule has 1 heterocycles. The normalized spacial score (nSPS) is 10.2. The summed E-state index contributed by atoms with van der Waals surface area (Å²) in [6.45, 7) is 0. The van der Waals surface area contributed by atoms with Gasteiger partial charge in [0.2, 0.25) is 0 Å². The molecule has 2 rings (SSSR count). The smallest absolute Gasteiger partial charge is 0.339 e. The number of aromatic nitrogens is 1. The van der Waals surface area contributed by atoms with Gasteiger partial charge in [-0.15, -0.1) is 0 Å². The van der Waals surface area contributed by atoms with Crippen LogP contribution in [0.25, 0.3) is 0 Å². The van der Waals surface area contributed by atoms with Gasteiger partial charge in [0.05, 0.1) is 17.7 Å². The number of carbonyl (C=O) groups excluding carboxylic acids is 2. The predicted molar refractivity (Wildman–Crippen MR) is 79.2 cm³/mol. The lowest BCUT2D eigenvalue weighted by Crippen LogP contribution is -2.13. The first kappa shape index (κ1) is 14.6. The molecule has 0 aliphatic carbocycles. The third-order valence-corrected chi connectivity index (χ3v) is 3.31. The number of carbonyl (C=O) groups is 2. The monoisotopic (exact) mass is 356 g/mol. The minimum atomic E-state index is -0.561. The van der Waals surface area contributed by atoms with E-state index in [4.69, 9.17) is 11.6 Å². The Kier molecular flexibility index (Phi) is 4.46. The average molecular weight is 358 g/mol. The van der Waals surface area contributed by atoms with Crippen LogP contribution in [-0.2, 0) is 4.74 Å². The van der Waals surface area contributed by atoms with Gasteiger partial charge in [-0.2, -0.15) is 0 Å². The molecule has 0 unspecified atom stereocenters. The Balaban J connectivity index is 2.22. The van der Waals surface area contributed by atoms with Crippen LogP contribution in [-0.4, -0.2) is 24.0 Å². The quantitative estimate of drug-likeness (QED) is 0.826. The summed E-state index contributed by atoms with van der Waals surface area (Å²) in [6.07, 6.45) is 1.65. The van der Waals surface area contributed by atoms with Crippen molar-refractivity contribution < 1.29 is 14.3 Å². The van der Waals surface area contributed by atoms with E-state index in [2.05, 4.69) is 31.0 Å². The fourth-order valence-corrected chi connectivity index (χ4v) is 2.10. The fraction of sp³-hybridized carbons (Fsp3) is 0.0769. The van der Waals surface area contributed by atoms with Gasteiger partial charge in [0.1, 0.15) is 5.69 Å². The zero-order valence-corrected chi connectivity index (χ0v) is 12.7. The van der Waals surface area contributed by atoms with Gasteiger partial charge in [-0.1, -0.05) is 11.6 Å². The van der Waals surface area contributed by atoms with Gasteiger partial charge in [-0.25, -0.2) is 4.79 Å². The maximum atomic E-state index is 12.0. The van der Waals surface area contributed by atoms with Gasteiger partial charge in [0.15, 0.2) is 0 Å². The molecule has 0 fully saturated rings. The van der Waals surface area contributed by atoms with Crippen molar-refractivity contribution in [1.82, 2.24) is 4.98 Å². The van der Waals surface area contributed by atoms with Gasteiger partial charge in [0.25, 0.3) is 5.91 Å². The predicted octanol–water partition coefficient (Wildman–Crippen LogP) is 3.47. The van der Waals surface area contributed by atoms with Crippen molar-refractivity contribution in [2.45, 2.75) is 0 Å². The second kappa shape index (κ2) is 6.11. The molecular formula is C13H10BrClN2O3. The molecule has 0 bridgehead atoms. The Labute approximate surface area is 128 Å². The molecule has 0 spiro atoms. The van der Waals surface area contributed by atoms with Crippen molar-refractivity contribution >= 4 is 45.1 Å². The van der Waals surface area contributed by atoms with Crippen LogP contribution in [0.3, 0.4) is 0 Å². The Morgan fingerprint density at radius 1 is 1.35 bits per heavy atom. The van der Waals surface area contributed by atoms with Gasteiger partial charge in [-0.3, -0.25) is 4.79 Å². The highest BCUT2D eigenvalue weighted by Gasteiger charge is 2.13. The molecule has 5 nitrogen and oxygen atoms in total. The maximum Gasteiger partial charge on any atom is 0.339 e. The lowest BCUT2D eigenvalue weighted by Gasteiger charge is -2.07. The van der Waals surface area contributed by atoms with Gasteiger partial charge >= 0.3 is 5.97 Å². The van der Waals surface area contributed by atoms with Crippen LogP contribution in [0, 0.1) is 0 Å². The van der Waals surface area contributed by atoms with Crippen molar-refractivity contribution in [3.05, 3.63) is 51.2 Å². The van der Waals surface area contributed by atoms with E-state index in [1.807, 2.05) is 0 Å². The summed E-state index contributed by atoms with van der Waals surface area (Å²) in [5.74, 6) is -0.887. The van der Waals surface area contributed by atoms with Crippen LogP contribution in [0.1, 0.15) is 20.8 Å². The van der Waals surface area contributed by atoms with Gasteiger partial charge in [0, 0.05) is 16.4 Å². The topological polar surface area (TPSA) is 71.2 Å². The summed E-state index contributed by atoms with van der Waals surface area (Å²) >= 11 is 9.15. The van der Waals surface area contributed by atoms with Crippen LogP contribution in [0.5, 0.6) is 0 Å². The molecule has 104 valence electrons. The van der Waals surface area contributed by atoms with Crippen molar-refractivity contribution in [3.63, 3.8) is 0 Å². The summed E-state index contributed by atoms with van der Waals surface area (Å²) < 4.78 is 5.39. The molecule has 0 aliphatic rings. The first-order valence-corrected chi connectivity index (χ1v) is 6.71. The molecule has 1 aromatic carbocycles. The van der Waals surface area contributed by atoms with Crippen LogP contribution < -0.4 is 5.32 Å². The number of methoxy groups -OCH3 is 1.